The van der Waals surface area contributed by atoms with Gasteiger partial charge in [0, 0.05) is 64.1 Å². The second kappa shape index (κ2) is 10.1. The number of benzene rings is 2. The minimum atomic E-state index is -0.453. The number of aromatic nitrogens is 3. The molecule has 40 heavy (non-hydrogen) atoms. The second-order valence-corrected chi connectivity index (χ2v) is 11.4. The van der Waals surface area contributed by atoms with Gasteiger partial charge in [-0.15, -0.1) is 0 Å². The molecule has 1 aliphatic rings. The van der Waals surface area contributed by atoms with Crippen molar-refractivity contribution >= 4 is 40.7 Å². The summed E-state index contributed by atoms with van der Waals surface area (Å²) in [6, 6.07) is 10.0. The zero-order chi connectivity index (χ0) is 28.9. The number of amides is 2. The van der Waals surface area contributed by atoms with Crippen molar-refractivity contribution in [2.24, 2.45) is 0 Å². The van der Waals surface area contributed by atoms with Crippen LogP contribution in [0, 0.1) is 0 Å². The maximum atomic E-state index is 13.7. The molecule has 0 atom stereocenters. The number of ether oxygens (including phenoxy) is 1. The van der Waals surface area contributed by atoms with Gasteiger partial charge < -0.3 is 20.1 Å². The summed E-state index contributed by atoms with van der Waals surface area (Å²) in [6.45, 7) is 7.29. The number of halogens is 2. The summed E-state index contributed by atoms with van der Waals surface area (Å²) in [6.07, 6.45) is 3.10. The molecule has 2 aromatic heterocycles. The number of pyridine rings is 1. The molecule has 206 valence electrons. The largest absolute Gasteiger partial charge is 0.507 e. The van der Waals surface area contributed by atoms with E-state index < -0.39 is 5.54 Å². The van der Waals surface area contributed by atoms with E-state index in [-0.39, 0.29) is 29.9 Å². The van der Waals surface area contributed by atoms with Crippen molar-refractivity contribution < 1.29 is 19.4 Å². The van der Waals surface area contributed by atoms with Crippen molar-refractivity contribution in [3.63, 3.8) is 0 Å². The first-order valence-electron chi connectivity index (χ1n) is 12.4. The van der Waals surface area contributed by atoms with Crippen LogP contribution in [0.3, 0.4) is 0 Å². The van der Waals surface area contributed by atoms with Gasteiger partial charge in [0.25, 0.3) is 5.91 Å². The molecule has 0 bridgehead atoms. The highest BCUT2D eigenvalue weighted by molar-refractivity contribution is 6.34. The normalized spacial score (nSPS) is 12.3. The SMILES string of the molecule is CC(=O)Nc1cncc(-c2cc3c(cc2O)OCc2c(C(=O)N(C)C(C)(C)C)nn(-c4cc(Cl)cc(Cl)c4)c2-3)c1. The molecule has 3 heterocycles. The van der Waals surface area contributed by atoms with E-state index in [9.17, 15) is 14.7 Å². The van der Waals surface area contributed by atoms with E-state index in [1.165, 1.54) is 19.2 Å². The summed E-state index contributed by atoms with van der Waals surface area (Å²) >= 11 is 12.7. The molecule has 5 rings (SSSR count). The Labute approximate surface area is 241 Å². The number of phenolic OH excluding ortho intramolecular Hbond substituents is 1. The molecule has 0 fully saturated rings. The molecule has 11 heteroatoms. The van der Waals surface area contributed by atoms with Crippen molar-refractivity contribution in [2.75, 3.05) is 12.4 Å². The Morgan fingerprint density at radius 3 is 2.40 bits per heavy atom. The third-order valence-corrected chi connectivity index (χ3v) is 7.12. The Bertz CT molecular complexity index is 1660. The van der Waals surface area contributed by atoms with Gasteiger partial charge in [-0.25, -0.2) is 4.68 Å². The number of rotatable bonds is 4. The number of anilines is 1. The monoisotopic (exact) mass is 579 g/mol. The van der Waals surface area contributed by atoms with Crippen LogP contribution in [0.2, 0.25) is 10.0 Å². The lowest BCUT2D eigenvalue weighted by atomic mass is 9.96. The second-order valence-electron chi connectivity index (χ2n) is 10.5. The quantitative estimate of drug-likeness (QED) is 0.292. The van der Waals surface area contributed by atoms with Crippen molar-refractivity contribution in [3.8, 4) is 39.6 Å². The number of hydrogen-bond donors (Lipinski definition) is 2. The Hall–Kier alpha value is -4.08. The molecule has 1 aliphatic heterocycles. The van der Waals surface area contributed by atoms with Crippen LogP contribution in [0.1, 0.15) is 43.7 Å². The lowest BCUT2D eigenvalue weighted by molar-refractivity contribution is -0.114. The molecule has 4 aromatic rings. The van der Waals surface area contributed by atoms with Crippen molar-refractivity contribution in [2.45, 2.75) is 39.8 Å². The molecule has 0 radical (unpaired) electrons. The van der Waals surface area contributed by atoms with Crippen molar-refractivity contribution in [1.29, 1.82) is 0 Å². The smallest absolute Gasteiger partial charge is 0.274 e. The molecule has 2 amide bonds. The lowest BCUT2D eigenvalue weighted by Gasteiger charge is -2.31. The van der Waals surface area contributed by atoms with Gasteiger partial charge >= 0.3 is 0 Å². The average molecular weight is 580 g/mol. The highest BCUT2D eigenvalue weighted by atomic mass is 35.5. The standard InChI is InChI=1S/C29H27Cl2N5O4/c1-15(37)33-19-6-16(12-32-13-19)21-10-22-25(11-24(21)38)40-14-23-26(28(39)35(5)29(2,3)4)34-36(27(22)23)20-8-17(30)7-18(31)9-20/h6-13,38H,14H2,1-5H3,(H,33,37). The van der Waals surface area contributed by atoms with E-state index in [1.807, 2.05) is 20.8 Å². The Kier molecular flexibility index (Phi) is 6.97. The van der Waals surface area contributed by atoms with Crippen LogP contribution in [0.25, 0.3) is 28.1 Å². The maximum Gasteiger partial charge on any atom is 0.274 e. The van der Waals surface area contributed by atoms with Crippen LogP contribution in [-0.4, -0.2) is 49.2 Å². The number of phenols is 1. The molecule has 0 spiro atoms. The first kappa shape index (κ1) is 27.5. The number of carbonyl (C=O) groups excluding carboxylic acids is 2. The molecular weight excluding hydrogens is 553 g/mol. The average Bonchev–Trinajstić information content (AvgIpc) is 3.26. The Morgan fingerprint density at radius 1 is 1.05 bits per heavy atom. The predicted octanol–water partition coefficient (Wildman–Crippen LogP) is 6.34. The Balaban J connectivity index is 1.75. The number of carbonyl (C=O) groups is 2. The van der Waals surface area contributed by atoms with Gasteiger partial charge in [0.05, 0.1) is 23.3 Å². The van der Waals surface area contributed by atoms with E-state index in [1.54, 1.807) is 53.2 Å². The molecular formula is C29H27Cl2N5O4. The summed E-state index contributed by atoms with van der Waals surface area (Å²) in [7, 11) is 1.73. The minimum Gasteiger partial charge on any atom is -0.507 e. The Morgan fingerprint density at radius 2 is 1.75 bits per heavy atom. The highest BCUT2D eigenvalue weighted by Crippen LogP contribution is 2.46. The molecule has 9 nitrogen and oxygen atoms in total. The number of fused-ring (bicyclic) bond motifs is 3. The third-order valence-electron chi connectivity index (χ3n) is 6.68. The maximum absolute atomic E-state index is 13.7. The summed E-state index contributed by atoms with van der Waals surface area (Å²) in [5, 5.41) is 19.2. The van der Waals surface area contributed by atoms with E-state index in [0.717, 1.165) is 0 Å². The summed E-state index contributed by atoms with van der Waals surface area (Å²) in [5.41, 5.74) is 3.64. The van der Waals surface area contributed by atoms with Crippen LogP contribution in [0.15, 0.2) is 48.8 Å². The molecule has 2 aromatic carbocycles. The van der Waals surface area contributed by atoms with Gasteiger partial charge in [0.15, 0.2) is 5.69 Å². The number of nitrogens with one attached hydrogen (secondary N) is 1. The van der Waals surface area contributed by atoms with Crippen LogP contribution < -0.4 is 10.1 Å². The first-order chi connectivity index (χ1) is 18.8. The minimum absolute atomic E-state index is 0.0374. The zero-order valence-corrected chi connectivity index (χ0v) is 24.1. The van der Waals surface area contributed by atoms with Gasteiger partial charge in [0.2, 0.25) is 5.91 Å². The fraction of sp³-hybridized carbons (Fsp3) is 0.241. The third kappa shape index (κ3) is 5.10. The fourth-order valence-corrected chi connectivity index (χ4v) is 4.98. The fourth-order valence-electron chi connectivity index (χ4n) is 4.46. The van der Waals surface area contributed by atoms with Gasteiger partial charge in [-0.3, -0.25) is 14.6 Å². The molecule has 0 saturated heterocycles. The van der Waals surface area contributed by atoms with Crippen LogP contribution in [0.5, 0.6) is 11.5 Å². The molecule has 0 unspecified atom stereocenters. The molecule has 0 aliphatic carbocycles. The highest BCUT2D eigenvalue weighted by Gasteiger charge is 2.34. The van der Waals surface area contributed by atoms with Crippen molar-refractivity contribution in [1.82, 2.24) is 19.7 Å². The molecule has 2 N–H and O–H groups in total. The van der Waals surface area contributed by atoms with Gasteiger partial charge in [-0.2, -0.15) is 5.10 Å². The van der Waals surface area contributed by atoms with Gasteiger partial charge in [0.1, 0.15) is 18.1 Å². The van der Waals surface area contributed by atoms with E-state index >= 15 is 0 Å². The molecule has 0 saturated carbocycles. The van der Waals surface area contributed by atoms with Gasteiger partial charge in [-0.1, -0.05) is 23.2 Å². The topological polar surface area (TPSA) is 110 Å². The van der Waals surface area contributed by atoms with Crippen LogP contribution in [0.4, 0.5) is 5.69 Å². The van der Waals surface area contributed by atoms with Crippen LogP contribution >= 0.6 is 23.2 Å². The van der Waals surface area contributed by atoms with Crippen LogP contribution in [-0.2, 0) is 11.4 Å². The summed E-state index contributed by atoms with van der Waals surface area (Å²) in [4.78, 5) is 31.1. The van der Waals surface area contributed by atoms with E-state index in [4.69, 9.17) is 33.0 Å². The summed E-state index contributed by atoms with van der Waals surface area (Å²) < 4.78 is 7.67. The van der Waals surface area contributed by atoms with Crippen molar-refractivity contribution in [3.05, 3.63) is 70.1 Å². The summed E-state index contributed by atoms with van der Waals surface area (Å²) in [5.74, 6) is -0.135. The number of hydrogen-bond acceptors (Lipinski definition) is 6. The van der Waals surface area contributed by atoms with Gasteiger partial charge in [-0.05, 0) is 51.1 Å². The van der Waals surface area contributed by atoms with E-state index in [2.05, 4.69) is 10.3 Å². The first-order valence-corrected chi connectivity index (χ1v) is 13.2. The lowest BCUT2D eigenvalue weighted by Crippen LogP contribution is -2.43. The number of nitrogens with zero attached hydrogens (tertiary/aromatic N) is 4. The number of aromatic hydroxyl groups is 1. The zero-order valence-electron chi connectivity index (χ0n) is 22.5. The van der Waals surface area contributed by atoms with E-state index in [0.29, 0.717) is 55.1 Å². The predicted molar refractivity (Wildman–Crippen MR) is 154 cm³/mol.